The molecule has 5 rings (SSSR count). The van der Waals surface area contributed by atoms with Crippen LogP contribution < -0.4 is 25.2 Å². The van der Waals surface area contributed by atoms with Crippen molar-refractivity contribution in [3.05, 3.63) is 107 Å². The number of carbonyl (C=O) groups is 3. The average Bonchev–Trinajstić information content (AvgIpc) is 3.52. The number of pyridine rings is 2. The van der Waals surface area contributed by atoms with Gasteiger partial charge in [-0.2, -0.15) is 10.00 Å². The van der Waals surface area contributed by atoms with Crippen LogP contribution in [0.4, 0.5) is 34.3 Å². The molecule has 5 aromatic rings. The average molecular weight is 777 g/mol. The molecule has 0 saturated carbocycles. The van der Waals surface area contributed by atoms with E-state index in [2.05, 4.69) is 15.4 Å². The lowest BCUT2D eigenvalue weighted by Gasteiger charge is -2.29. The number of carbonyl (C=O) groups excluding carboxylic acids is 3. The van der Waals surface area contributed by atoms with Gasteiger partial charge in [-0.1, -0.05) is 0 Å². The number of benzene rings is 2. The zero-order chi connectivity index (χ0) is 41.1. The maximum Gasteiger partial charge on any atom is 0.425 e. The number of anilines is 2. The van der Waals surface area contributed by atoms with Gasteiger partial charge in [0.15, 0.2) is 23.2 Å². The molecule has 0 bridgehead atoms. The van der Waals surface area contributed by atoms with E-state index >= 15 is 8.78 Å². The van der Waals surface area contributed by atoms with Gasteiger partial charge in [0.25, 0.3) is 11.5 Å². The number of nitrogens with one attached hydrogen (secondary N) is 1. The minimum absolute atomic E-state index is 0.0422. The van der Waals surface area contributed by atoms with Gasteiger partial charge in [0, 0.05) is 49.0 Å². The Hall–Kier alpha value is -6.65. The Morgan fingerprint density at radius 3 is 2.07 bits per heavy atom. The van der Waals surface area contributed by atoms with Gasteiger partial charge in [-0.25, -0.2) is 27.7 Å². The summed E-state index contributed by atoms with van der Waals surface area (Å²) in [7, 11) is 1.60. The second-order valence-corrected chi connectivity index (χ2v) is 14.2. The highest BCUT2D eigenvalue weighted by atomic mass is 19.1. The molecule has 0 fully saturated rings. The van der Waals surface area contributed by atoms with Gasteiger partial charge >= 0.3 is 12.2 Å². The molecule has 56 heavy (non-hydrogen) atoms. The zero-order valence-corrected chi connectivity index (χ0v) is 31.8. The van der Waals surface area contributed by atoms with E-state index in [1.807, 2.05) is 0 Å². The van der Waals surface area contributed by atoms with Crippen LogP contribution in [0.25, 0.3) is 16.8 Å². The van der Waals surface area contributed by atoms with Gasteiger partial charge in [0.2, 0.25) is 0 Å². The normalized spacial score (nSPS) is 11.5. The number of aromatic nitrogens is 4. The van der Waals surface area contributed by atoms with Crippen molar-refractivity contribution >= 4 is 29.6 Å². The maximum atomic E-state index is 15.8. The number of amides is 3. The first-order valence-electron chi connectivity index (χ1n) is 17.1. The lowest BCUT2D eigenvalue weighted by atomic mass is 10.1. The van der Waals surface area contributed by atoms with E-state index in [1.165, 1.54) is 53.7 Å². The molecule has 0 radical (unpaired) electrons. The number of aryl methyl sites for hydroxylation is 1. The maximum absolute atomic E-state index is 15.8. The molecule has 294 valence electrons. The summed E-state index contributed by atoms with van der Waals surface area (Å²) in [6.45, 7) is 11.3. The molecule has 3 amide bonds. The second-order valence-electron chi connectivity index (χ2n) is 14.2. The third-order valence-electron chi connectivity index (χ3n) is 7.43. The van der Waals surface area contributed by atoms with Crippen LogP contribution in [-0.2, 0) is 16.5 Å². The summed E-state index contributed by atoms with van der Waals surface area (Å²) in [5, 5.41) is 6.37. The first-order chi connectivity index (χ1) is 26.3. The molecule has 1 N–H and O–H groups in total. The van der Waals surface area contributed by atoms with E-state index in [0.29, 0.717) is 17.0 Å². The van der Waals surface area contributed by atoms with Crippen LogP contribution in [0, 0.1) is 17.5 Å². The first kappa shape index (κ1) is 40.5. The van der Waals surface area contributed by atoms with Gasteiger partial charge in [-0.3, -0.25) is 18.8 Å². The van der Waals surface area contributed by atoms with Gasteiger partial charge in [0.1, 0.15) is 34.1 Å². The van der Waals surface area contributed by atoms with Gasteiger partial charge in [-0.15, -0.1) is 0 Å². The Labute approximate surface area is 319 Å². The van der Waals surface area contributed by atoms with Crippen molar-refractivity contribution in [2.24, 2.45) is 7.05 Å². The van der Waals surface area contributed by atoms with Crippen molar-refractivity contribution in [3.63, 3.8) is 0 Å². The monoisotopic (exact) mass is 776 g/mol. The molecular formula is C39H39F3N6O8. The number of hydrogen-bond acceptors (Lipinski definition) is 10. The van der Waals surface area contributed by atoms with Crippen LogP contribution in [0.15, 0.2) is 78.1 Å². The molecule has 0 saturated heterocycles. The molecule has 3 aromatic heterocycles. The summed E-state index contributed by atoms with van der Waals surface area (Å²) in [6, 6.07) is 8.83. The predicted molar refractivity (Wildman–Crippen MR) is 199 cm³/mol. The molecule has 0 atom stereocenters. The molecule has 0 aliphatic heterocycles. The highest BCUT2D eigenvalue weighted by Crippen LogP contribution is 2.41. The van der Waals surface area contributed by atoms with Crippen LogP contribution in [-0.4, -0.2) is 55.2 Å². The second kappa shape index (κ2) is 16.0. The smallest absolute Gasteiger partial charge is 0.425 e. The molecule has 0 aliphatic carbocycles. The Morgan fingerprint density at radius 2 is 1.50 bits per heavy atom. The van der Waals surface area contributed by atoms with Gasteiger partial charge < -0.3 is 24.3 Å². The van der Waals surface area contributed by atoms with E-state index < -0.39 is 69.3 Å². The number of ether oxygens (including phenoxy) is 4. The van der Waals surface area contributed by atoms with Crippen molar-refractivity contribution in [1.82, 2.24) is 19.3 Å². The molecular weight excluding hydrogens is 737 g/mol. The SMILES string of the molecule is CCOc1ccn(-c2ccc(F)cc2)c(=O)c1C(=O)Nc1cc(F)c(Oc2ccnc(N(C(=O)OC(C)(C)C)C(=O)OC(C)(C)C)c2-c2cnn(C)c2)cc1F. The summed E-state index contributed by atoms with van der Waals surface area (Å²) < 4.78 is 70.0. The Balaban J connectivity index is 1.55. The quantitative estimate of drug-likeness (QED) is 0.155. The topological polar surface area (TPSA) is 156 Å². The van der Waals surface area contributed by atoms with Crippen LogP contribution in [0.3, 0.4) is 0 Å². The molecule has 0 aliphatic rings. The van der Waals surface area contributed by atoms with E-state index in [0.717, 1.165) is 16.7 Å². The predicted octanol–water partition coefficient (Wildman–Crippen LogP) is 8.17. The fraction of sp³-hybridized carbons (Fsp3) is 0.282. The number of nitrogens with zero attached hydrogens (tertiary/aromatic N) is 5. The number of imide groups is 1. The van der Waals surface area contributed by atoms with Crippen LogP contribution in [0.5, 0.6) is 17.2 Å². The standard InChI is InChI=1S/C39H39F3N6O8/c1-9-53-28-15-17-47(24-12-10-23(40)11-13-24)35(50)32(28)34(49)45-27-18-26(42)30(19-25(27)41)54-29-14-16-43-33(31(29)22-20-44-46(8)21-22)48(36(51)55-38(2,3)4)37(52)56-39(5,6)7/h10-21H,9H2,1-8H3,(H,45,49). The summed E-state index contributed by atoms with van der Waals surface area (Å²) in [5.74, 6) is -5.31. The minimum atomic E-state index is -1.16. The van der Waals surface area contributed by atoms with Crippen LogP contribution in [0.1, 0.15) is 58.8 Å². The Bertz CT molecular complexity index is 2320. The van der Waals surface area contributed by atoms with E-state index in [1.54, 1.807) is 55.5 Å². The summed E-state index contributed by atoms with van der Waals surface area (Å²) >= 11 is 0. The lowest BCUT2D eigenvalue weighted by molar-refractivity contribution is 0.0429. The van der Waals surface area contributed by atoms with Crippen molar-refractivity contribution in [3.8, 4) is 34.1 Å². The highest BCUT2D eigenvalue weighted by molar-refractivity contribution is 6.11. The summed E-state index contributed by atoms with van der Waals surface area (Å²) in [6.07, 6.45) is 3.09. The molecule has 0 spiro atoms. The zero-order valence-electron chi connectivity index (χ0n) is 31.8. The minimum Gasteiger partial charge on any atom is -0.493 e. The Morgan fingerprint density at radius 1 is 0.857 bits per heavy atom. The number of halogens is 3. The Kier molecular flexibility index (Phi) is 11.6. The van der Waals surface area contributed by atoms with E-state index in [9.17, 15) is 23.6 Å². The van der Waals surface area contributed by atoms with Crippen LogP contribution >= 0.6 is 0 Å². The molecule has 14 nitrogen and oxygen atoms in total. The fourth-order valence-electron chi connectivity index (χ4n) is 5.19. The molecule has 2 aromatic carbocycles. The number of rotatable bonds is 9. The molecule has 0 unspecified atom stereocenters. The van der Waals surface area contributed by atoms with Crippen molar-refractivity contribution in [2.75, 3.05) is 16.8 Å². The molecule has 3 heterocycles. The highest BCUT2D eigenvalue weighted by Gasteiger charge is 2.37. The summed E-state index contributed by atoms with van der Waals surface area (Å²) in [5.41, 5.74) is -3.71. The summed E-state index contributed by atoms with van der Waals surface area (Å²) in [4.78, 5) is 59.0. The fourth-order valence-corrected chi connectivity index (χ4v) is 5.19. The van der Waals surface area contributed by atoms with Crippen molar-refractivity contribution in [1.29, 1.82) is 0 Å². The van der Waals surface area contributed by atoms with Gasteiger partial charge in [0.05, 0.1) is 24.1 Å². The van der Waals surface area contributed by atoms with Crippen molar-refractivity contribution in [2.45, 2.75) is 59.7 Å². The van der Waals surface area contributed by atoms with Gasteiger partial charge in [-0.05, 0) is 84.9 Å². The van der Waals surface area contributed by atoms with Crippen molar-refractivity contribution < 1.29 is 46.5 Å². The lowest BCUT2D eigenvalue weighted by Crippen LogP contribution is -2.44. The number of hydrogen-bond donors (Lipinski definition) is 1. The van der Waals surface area contributed by atoms with E-state index in [-0.39, 0.29) is 40.7 Å². The largest absolute Gasteiger partial charge is 0.493 e. The molecule has 17 heteroatoms. The van der Waals surface area contributed by atoms with Crippen LogP contribution in [0.2, 0.25) is 0 Å². The third-order valence-corrected chi connectivity index (χ3v) is 7.43. The first-order valence-corrected chi connectivity index (χ1v) is 17.1. The van der Waals surface area contributed by atoms with E-state index in [4.69, 9.17) is 18.9 Å². The third kappa shape index (κ3) is 9.34.